The average molecular weight is 273 g/mol. The summed E-state index contributed by atoms with van der Waals surface area (Å²) in [5, 5.41) is 12.9. The van der Waals surface area contributed by atoms with E-state index in [4.69, 9.17) is 4.74 Å². The maximum Gasteiger partial charge on any atom is 0.262 e. The van der Waals surface area contributed by atoms with Crippen LogP contribution in [0.15, 0.2) is 42.5 Å². The maximum atomic E-state index is 13.7. The molecule has 2 aromatic carbocycles. The minimum atomic E-state index is -1.10. The average Bonchev–Trinajstić information content (AvgIpc) is 2.46. The van der Waals surface area contributed by atoms with Crippen molar-refractivity contribution >= 4 is 11.6 Å². The molecule has 1 heterocycles. The normalized spacial score (nSPS) is 15.0. The van der Waals surface area contributed by atoms with Crippen molar-refractivity contribution in [1.29, 1.82) is 0 Å². The molecule has 20 heavy (non-hydrogen) atoms. The number of carbonyl (C=O) groups is 1. The van der Waals surface area contributed by atoms with Gasteiger partial charge in [-0.05, 0) is 23.8 Å². The molecule has 0 radical (unpaired) electrons. The van der Waals surface area contributed by atoms with Crippen LogP contribution in [0.5, 0.6) is 5.75 Å². The lowest BCUT2D eigenvalue weighted by Gasteiger charge is -2.20. The number of anilines is 1. The minimum Gasteiger partial charge on any atom is -0.482 e. The van der Waals surface area contributed by atoms with Crippen LogP contribution in [0.2, 0.25) is 0 Å². The summed E-state index contributed by atoms with van der Waals surface area (Å²) in [6, 6.07) is 10.9. The molecule has 5 heteroatoms. The highest BCUT2D eigenvalue weighted by Gasteiger charge is 2.20. The van der Waals surface area contributed by atoms with E-state index < -0.39 is 11.9 Å². The number of hydrogen-bond acceptors (Lipinski definition) is 3. The number of fused-ring (bicyclic) bond motifs is 1. The topological polar surface area (TPSA) is 58.6 Å². The summed E-state index contributed by atoms with van der Waals surface area (Å²) in [5.41, 5.74) is 1.16. The largest absolute Gasteiger partial charge is 0.482 e. The molecule has 1 aliphatic rings. The maximum absolute atomic E-state index is 13.7. The lowest BCUT2D eigenvalue weighted by atomic mass is 10.00. The second-order valence-electron chi connectivity index (χ2n) is 4.52. The second kappa shape index (κ2) is 4.94. The van der Waals surface area contributed by atoms with Gasteiger partial charge in [-0.25, -0.2) is 4.39 Å². The van der Waals surface area contributed by atoms with Crippen molar-refractivity contribution in [1.82, 2.24) is 0 Å². The lowest BCUT2D eigenvalue weighted by molar-refractivity contribution is -0.118. The molecule has 102 valence electrons. The number of halogens is 1. The number of ether oxygens (including phenoxy) is 1. The van der Waals surface area contributed by atoms with Gasteiger partial charge < -0.3 is 15.2 Å². The molecule has 0 aliphatic carbocycles. The summed E-state index contributed by atoms with van der Waals surface area (Å²) < 4.78 is 18.9. The van der Waals surface area contributed by atoms with E-state index in [1.807, 2.05) is 0 Å². The van der Waals surface area contributed by atoms with Crippen LogP contribution in [0.25, 0.3) is 0 Å². The summed E-state index contributed by atoms with van der Waals surface area (Å²) in [6.07, 6.45) is -1.10. The molecule has 2 N–H and O–H groups in total. The van der Waals surface area contributed by atoms with E-state index in [0.717, 1.165) is 0 Å². The first kappa shape index (κ1) is 12.6. The highest BCUT2D eigenvalue weighted by atomic mass is 19.1. The smallest absolute Gasteiger partial charge is 0.262 e. The Morgan fingerprint density at radius 2 is 2.05 bits per heavy atom. The highest BCUT2D eigenvalue weighted by Crippen LogP contribution is 2.33. The molecule has 0 fully saturated rings. The van der Waals surface area contributed by atoms with Crippen molar-refractivity contribution in [2.24, 2.45) is 0 Å². The zero-order valence-electron chi connectivity index (χ0n) is 10.5. The third-order valence-corrected chi connectivity index (χ3v) is 3.15. The predicted molar refractivity (Wildman–Crippen MR) is 71.0 cm³/mol. The Balaban J connectivity index is 1.97. The number of carbonyl (C=O) groups excluding carboxylic acids is 1. The Kier molecular flexibility index (Phi) is 3.12. The Bertz CT molecular complexity index is 672. The Morgan fingerprint density at radius 3 is 2.85 bits per heavy atom. The molecule has 1 amide bonds. The van der Waals surface area contributed by atoms with Crippen LogP contribution in [0.3, 0.4) is 0 Å². The highest BCUT2D eigenvalue weighted by molar-refractivity contribution is 5.95. The van der Waals surface area contributed by atoms with E-state index in [2.05, 4.69) is 5.32 Å². The lowest BCUT2D eigenvalue weighted by Crippen LogP contribution is -2.25. The van der Waals surface area contributed by atoms with E-state index >= 15 is 0 Å². The molecule has 0 saturated carbocycles. The minimum absolute atomic E-state index is 0.0256. The van der Waals surface area contributed by atoms with Crippen molar-refractivity contribution in [3.63, 3.8) is 0 Å². The monoisotopic (exact) mass is 273 g/mol. The van der Waals surface area contributed by atoms with Crippen LogP contribution in [-0.4, -0.2) is 17.6 Å². The second-order valence-corrected chi connectivity index (χ2v) is 4.52. The molecule has 0 spiro atoms. The van der Waals surface area contributed by atoms with Crippen LogP contribution in [0.1, 0.15) is 17.2 Å². The number of aliphatic hydroxyl groups is 1. The van der Waals surface area contributed by atoms with Gasteiger partial charge in [-0.3, -0.25) is 4.79 Å². The third kappa shape index (κ3) is 2.23. The molecule has 2 aromatic rings. The number of nitrogens with one attached hydrogen (secondary N) is 1. The van der Waals surface area contributed by atoms with Gasteiger partial charge in [0.1, 0.15) is 17.7 Å². The molecule has 0 saturated heterocycles. The van der Waals surface area contributed by atoms with Gasteiger partial charge in [0, 0.05) is 5.56 Å². The van der Waals surface area contributed by atoms with Crippen LogP contribution >= 0.6 is 0 Å². The van der Waals surface area contributed by atoms with Gasteiger partial charge in [-0.1, -0.05) is 24.3 Å². The molecule has 1 aliphatic heterocycles. The molecule has 3 rings (SSSR count). The van der Waals surface area contributed by atoms with Gasteiger partial charge in [0.05, 0.1) is 5.69 Å². The SMILES string of the molecule is O=C1COc2ccc(C(O)c3ccccc3F)cc2N1. The fourth-order valence-electron chi connectivity index (χ4n) is 2.15. The van der Waals surface area contributed by atoms with E-state index in [1.54, 1.807) is 30.3 Å². The summed E-state index contributed by atoms with van der Waals surface area (Å²) in [7, 11) is 0. The molecular formula is C15H12FNO3. The standard InChI is InChI=1S/C15H12FNO3/c16-11-4-2-1-3-10(11)15(19)9-5-6-13-12(7-9)17-14(18)8-20-13/h1-7,15,19H,8H2,(H,17,18). The zero-order valence-corrected chi connectivity index (χ0v) is 10.5. The molecule has 0 aromatic heterocycles. The first-order valence-electron chi connectivity index (χ1n) is 6.14. The van der Waals surface area contributed by atoms with Crippen molar-refractivity contribution < 1.29 is 19.0 Å². The van der Waals surface area contributed by atoms with E-state index in [-0.39, 0.29) is 18.1 Å². The number of benzene rings is 2. The van der Waals surface area contributed by atoms with Crippen LogP contribution in [0, 0.1) is 5.82 Å². The predicted octanol–water partition coefficient (Wildman–Crippen LogP) is 2.24. The van der Waals surface area contributed by atoms with Gasteiger partial charge in [0.15, 0.2) is 6.61 Å². The Hall–Kier alpha value is -2.40. The van der Waals surface area contributed by atoms with Crippen LogP contribution < -0.4 is 10.1 Å². The first-order chi connectivity index (χ1) is 9.65. The summed E-state index contributed by atoms with van der Waals surface area (Å²) in [4.78, 5) is 11.3. The molecular weight excluding hydrogens is 261 g/mol. The Morgan fingerprint density at radius 1 is 1.25 bits per heavy atom. The number of aliphatic hydroxyl groups excluding tert-OH is 1. The van der Waals surface area contributed by atoms with Crippen LogP contribution in [-0.2, 0) is 4.79 Å². The molecule has 0 bridgehead atoms. The van der Waals surface area contributed by atoms with E-state index in [0.29, 0.717) is 17.0 Å². The first-order valence-corrected chi connectivity index (χ1v) is 6.14. The zero-order chi connectivity index (χ0) is 14.1. The van der Waals surface area contributed by atoms with Gasteiger partial charge in [-0.15, -0.1) is 0 Å². The van der Waals surface area contributed by atoms with E-state index in [1.165, 1.54) is 12.1 Å². The fraction of sp³-hybridized carbons (Fsp3) is 0.133. The van der Waals surface area contributed by atoms with Crippen molar-refractivity contribution in [2.75, 3.05) is 11.9 Å². The number of rotatable bonds is 2. The van der Waals surface area contributed by atoms with E-state index in [9.17, 15) is 14.3 Å². The van der Waals surface area contributed by atoms with Crippen molar-refractivity contribution in [3.05, 3.63) is 59.4 Å². The summed E-state index contributed by atoms with van der Waals surface area (Å²) in [5.74, 6) is -0.192. The van der Waals surface area contributed by atoms with Gasteiger partial charge in [0.25, 0.3) is 5.91 Å². The van der Waals surface area contributed by atoms with Crippen molar-refractivity contribution in [2.45, 2.75) is 6.10 Å². The van der Waals surface area contributed by atoms with Gasteiger partial charge in [0.2, 0.25) is 0 Å². The Labute approximate surface area is 114 Å². The van der Waals surface area contributed by atoms with Gasteiger partial charge >= 0.3 is 0 Å². The van der Waals surface area contributed by atoms with Crippen molar-refractivity contribution in [3.8, 4) is 5.75 Å². The summed E-state index contributed by atoms with van der Waals surface area (Å²) >= 11 is 0. The molecule has 4 nitrogen and oxygen atoms in total. The molecule has 1 unspecified atom stereocenters. The van der Waals surface area contributed by atoms with Crippen LogP contribution in [0.4, 0.5) is 10.1 Å². The third-order valence-electron chi connectivity index (χ3n) is 3.15. The summed E-state index contributed by atoms with van der Waals surface area (Å²) in [6.45, 7) is -0.0256. The fourth-order valence-corrected chi connectivity index (χ4v) is 2.15. The molecule has 1 atom stereocenters. The van der Waals surface area contributed by atoms with Gasteiger partial charge in [-0.2, -0.15) is 0 Å². The number of hydrogen-bond donors (Lipinski definition) is 2. The number of amides is 1. The quantitative estimate of drug-likeness (QED) is 0.882.